The average molecular weight is 409 g/mol. The molecule has 2 aromatic carbocycles. The first kappa shape index (κ1) is 19.7. The maximum Gasteiger partial charge on any atom is 0.416 e. The number of aromatic hydroxyl groups is 1. The molecule has 152 valence electrons. The number of benzene rings is 2. The molecule has 0 saturated carbocycles. The van der Waals surface area contributed by atoms with Crippen LogP contribution in [0.1, 0.15) is 22.4 Å². The number of aromatic nitrogens is 2. The van der Waals surface area contributed by atoms with Crippen molar-refractivity contribution in [3.8, 4) is 5.75 Å². The summed E-state index contributed by atoms with van der Waals surface area (Å²) in [6.45, 7) is 1.87. The molecule has 4 rings (SSSR count). The van der Waals surface area contributed by atoms with E-state index in [0.717, 1.165) is 28.8 Å². The van der Waals surface area contributed by atoms with Crippen molar-refractivity contribution in [3.63, 3.8) is 0 Å². The minimum absolute atomic E-state index is 0.0498. The molecule has 0 atom stereocenters. The van der Waals surface area contributed by atoms with Crippen LogP contribution in [0.3, 0.4) is 0 Å². The van der Waals surface area contributed by atoms with E-state index in [1.54, 1.807) is 18.2 Å². The van der Waals surface area contributed by atoms with Crippen molar-refractivity contribution in [1.29, 1.82) is 0 Å². The molecular weight excluding hydrogens is 391 g/mol. The highest BCUT2D eigenvalue weighted by atomic mass is 19.4. The molecule has 7 heteroatoms. The van der Waals surface area contributed by atoms with Crippen LogP contribution < -0.4 is 5.32 Å². The van der Waals surface area contributed by atoms with Crippen LogP contribution in [0, 0.1) is 6.92 Å². The molecule has 2 N–H and O–H groups in total. The lowest BCUT2D eigenvalue weighted by Crippen LogP contribution is -2.05. The van der Waals surface area contributed by atoms with Gasteiger partial charge in [0.05, 0.1) is 5.56 Å². The van der Waals surface area contributed by atoms with Crippen molar-refractivity contribution in [2.45, 2.75) is 19.5 Å². The van der Waals surface area contributed by atoms with Crippen LogP contribution in [-0.4, -0.2) is 15.1 Å². The molecule has 0 aliphatic carbocycles. The zero-order valence-electron chi connectivity index (χ0n) is 16.0. The van der Waals surface area contributed by atoms with Gasteiger partial charge in [0.25, 0.3) is 0 Å². The molecule has 0 radical (unpaired) electrons. The van der Waals surface area contributed by atoms with Crippen molar-refractivity contribution in [3.05, 3.63) is 89.1 Å². The van der Waals surface area contributed by atoms with Gasteiger partial charge in [-0.2, -0.15) is 13.2 Å². The number of phenolic OH excluding ortho intramolecular Hbond substituents is 1. The van der Waals surface area contributed by atoms with Crippen molar-refractivity contribution in [2.24, 2.45) is 0 Å². The minimum atomic E-state index is -4.37. The van der Waals surface area contributed by atoms with Gasteiger partial charge >= 0.3 is 6.18 Å². The van der Waals surface area contributed by atoms with Gasteiger partial charge in [0.1, 0.15) is 22.9 Å². The number of para-hydroxylation sites is 1. The molecule has 0 aliphatic rings. The maximum absolute atomic E-state index is 12.8. The van der Waals surface area contributed by atoms with E-state index in [1.807, 2.05) is 31.2 Å². The number of hydrogen-bond acceptors (Lipinski definition) is 4. The van der Waals surface area contributed by atoms with E-state index in [0.29, 0.717) is 29.1 Å². The van der Waals surface area contributed by atoms with Crippen LogP contribution in [0.5, 0.6) is 5.75 Å². The number of pyridine rings is 2. The van der Waals surface area contributed by atoms with Crippen molar-refractivity contribution in [2.75, 3.05) is 5.32 Å². The summed E-state index contributed by atoms with van der Waals surface area (Å²) in [4.78, 5) is 8.99. The molecule has 0 unspecified atom stereocenters. The number of hydrogen-bond donors (Lipinski definition) is 2. The fourth-order valence-electron chi connectivity index (χ4n) is 3.24. The molecule has 4 nitrogen and oxygen atoms in total. The lowest BCUT2D eigenvalue weighted by molar-refractivity contribution is -0.137. The maximum atomic E-state index is 12.8. The fourth-order valence-corrected chi connectivity index (χ4v) is 3.24. The molecule has 30 heavy (non-hydrogen) atoms. The van der Waals surface area contributed by atoms with Gasteiger partial charge in [0, 0.05) is 17.5 Å². The van der Waals surface area contributed by atoms with Gasteiger partial charge in [-0.1, -0.05) is 30.3 Å². The second kappa shape index (κ2) is 7.67. The monoisotopic (exact) mass is 409 g/mol. The number of anilines is 2. The van der Waals surface area contributed by atoms with Crippen LogP contribution in [0.15, 0.2) is 66.7 Å². The lowest BCUT2D eigenvalue weighted by Gasteiger charge is -2.14. The first-order chi connectivity index (χ1) is 14.3. The summed E-state index contributed by atoms with van der Waals surface area (Å²) >= 11 is 0. The van der Waals surface area contributed by atoms with E-state index >= 15 is 0 Å². The molecule has 0 saturated heterocycles. The lowest BCUT2D eigenvalue weighted by atomic mass is 10.0. The molecule has 2 heterocycles. The number of phenols is 1. The summed E-state index contributed by atoms with van der Waals surface area (Å²) < 4.78 is 38.5. The number of fused-ring (bicyclic) bond motifs is 1. The van der Waals surface area contributed by atoms with E-state index in [1.165, 1.54) is 12.1 Å². The predicted molar refractivity (Wildman–Crippen MR) is 110 cm³/mol. The fraction of sp³-hybridized carbons (Fsp3) is 0.130. The standard InChI is InChI=1S/C23H18F3N3O/c1-14-4-2-7-20(27-14)28-22-17(13-16-5-3-6-19(30)21(16)29-22)12-15-8-10-18(11-9-15)23(24,25)26/h2-11,13,30H,12H2,1H3,(H,27,28,29). The number of halogens is 3. The summed E-state index contributed by atoms with van der Waals surface area (Å²) in [6.07, 6.45) is -4.00. The van der Waals surface area contributed by atoms with Gasteiger partial charge in [-0.05, 0) is 54.4 Å². The number of alkyl halides is 3. The Balaban J connectivity index is 1.75. The predicted octanol–water partition coefficient (Wildman–Crippen LogP) is 6.00. The molecule has 0 bridgehead atoms. The Morgan fingerprint density at radius 3 is 2.37 bits per heavy atom. The summed E-state index contributed by atoms with van der Waals surface area (Å²) in [6, 6.07) is 17.6. The minimum Gasteiger partial charge on any atom is -0.506 e. The summed E-state index contributed by atoms with van der Waals surface area (Å²) in [5.74, 6) is 1.13. The molecule has 0 fully saturated rings. The van der Waals surface area contributed by atoms with Crippen LogP contribution >= 0.6 is 0 Å². The van der Waals surface area contributed by atoms with Crippen molar-refractivity contribution in [1.82, 2.24) is 9.97 Å². The van der Waals surface area contributed by atoms with E-state index in [9.17, 15) is 18.3 Å². The van der Waals surface area contributed by atoms with Crippen LogP contribution in [0.25, 0.3) is 10.9 Å². The molecule has 4 aromatic rings. The van der Waals surface area contributed by atoms with E-state index in [2.05, 4.69) is 15.3 Å². The zero-order chi connectivity index (χ0) is 21.3. The van der Waals surface area contributed by atoms with Gasteiger partial charge in [-0.15, -0.1) is 0 Å². The number of nitrogens with one attached hydrogen (secondary N) is 1. The molecule has 0 aliphatic heterocycles. The van der Waals surface area contributed by atoms with E-state index < -0.39 is 11.7 Å². The Bertz CT molecular complexity index is 1200. The van der Waals surface area contributed by atoms with Crippen molar-refractivity contribution < 1.29 is 18.3 Å². The normalized spacial score (nSPS) is 11.6. The highest BCUT2D eigenvalue weighted by molar-refractivity contribution is 5.87. The van der Waals surface area contributed by atoms with Crippen LogP contribution in [0.2, 0.25) is 0 Å². The first-order valence-electron chi connectivity index (χ1n) is 9.28. The second-order valence-corrected chi connectivity index (χ2v) is 7.01. The van der Waals surface area contributed by atoms with E-state index in [4.69, 9.17) is 0 Å². The van der Waals surface area contributed by atoms with Gasteiger partial charge < -0.3 is 10.4 Å². The Kier molecular flexibility index (Phi) is 5.03. The van der Waals surface area contributed by atoms with Gasteiger partial charge in [-0.25, -0.2) is 9.97 Å². The van der Waals surface area contributed by atoms with Gasteiger partial charge in [-0.3, -0.25) is 0 Å². The van der Waals surface area contributed by atoms with Gasteiger partial charge in [0.15, 0.2) is 0 Å². The molecule has 0 spiro atoms. The number of nitrogens with zero attached hydrogens (tertiary/aromatic N) is 2. The van der Waals surface area contributed by atoms with Crippen LogP contribution in [0.4, 0.5) is 24.8 Å². The third-order valence-corrected chi connectivity index (χ3v) is 4.71. The SMILES string of the molecule is Cc1cccc(Nc2nc3c(O)cccc3cc2Cc2ccc(C(F)(F)F)cc2)n1. The summed E-state index contributed by atoms with van der Waals surface area (Å²) in [7, 11) is 0. The summed E-state index contributed by atoms with van der Waals surface area (Å²) in [5, 5.41) is 14.1. The third kappa shape index (κ3) is 4.20. The second-order valence-electron chi connectivity index (χ2n) is 7.01. The Labute approximate surface area is 171 Å². The number of aryl methyl sites for hydroxylation is 1. The highest BCUT2D eigenvalue weighted by Gasteiger charge is 2.29. The third-order valence-electron chi connectivity index (χ3n) is 4.71. The van der Waals surface area contributed by atoms with Crippen molar-refractivity contribution >= 4 is 22.5 Å². The molecular formula is C23H18F3N3O. The summed E-state index contributed by atoms with van der Waals surface area (Å²) in [5.41, 5.74) is 2.06. The quantitative estimate of drug-likeness (QED) is 0.434. The number of rotatable bonds is 4. The zero-order valence-corrected chi connectivity index (χ0v) is 16.0. The Morgan fingerprint density at radius 2 is 1.67 bits per heavy atom. The van der Waals surface area contributed by atoms with Crippen LogP contribution in [-0.2, 0) is 12.6 Å². The topological polar surface area (TPSA) is 58.0 Å². The highest BCUT2D eigenvalue weighted by Crippen LogP contribution is 2.32. The molecule has 2 aromatic heterocycles. The average Bonchev–Trinajstić information content (AvgIpc) is 2.69. The molecule has 0 amide bonds. The smallest absolute Gasteiger partial charge is 0.416 e. The Morgan fingerprint density at radius 1 is 0.933 bits per heavy atom. The van der Waals surface area contributed by atoms with E-state index in [-0.39, 0.29) is 5.75 Å². The largest absolute Gasteiger partial charge is 0.506 e. The Hall–Kier alpha value is -3.61. The van der Waals surface area contributed by atoms with Gasteiger partial charge in [0.2, 0.25) is 0 Å². The first-order valence-corrected chi connectivity index (χ1v) is 9.28.